The first-order valence-electron chi connectivity index (χ1n) is 5.13. The van der Waals surface area contributed by atoms with Crippen LogP contribution in [0.5, 0.6) is 5.75 Å². The van der Waals surface area contributed by atoms with Gasteiger partial charge in [0.05, 0.1) is 18.3 Å². The summed E-state index contributed by atoms with van der Waals surface area (Å²) < 4.78 is 13.8. The van der Waals surface area contributed by atoms with Crippen molar-refractivity contribution in [2.45, 2.75) is 13.3 Å². The average Bonchev–Trinajstić information content (AvgIpc) is 2.73. The Morgan fingerprint density at radius 1 is 1.31 bits per heavy atom. The zero-order valence-corrected chi connectivity index (χ0v) is 9.83. The SMILES string of the molecule is CCCOc1ccccc1-c1nsnc1N. The molecule has 2 aromatic rings. The predicted molar refractivity (Wildman–Crippen MR) is 65.5 cm³/mol. The van der Waals surface area contributed by atoms with Crippen molar-refractivity contribution < 1.29 is 4.74 Å². The first-order valence-corrected chi connectivity index (χ1v) is 5.86. The summed E-state index contributed by atoms with van der Waals surface area (Å²) in [6.45, 7) is 2.76. The number of benzene rings is 1. The van der Waals surface area contributed by atoms with E-state index in [9.17, 15) is 0 Å². The van der Waals surface area contributed by atoms with Gasteiger partial charge in [-0.2, -0.15) is 8.75 Å². The standard InChI is InChI=1S/C11H13N3OS/c1-2-7-15-9-6-4-3-5-8(9)10-11(12)14-16-13-10/h3-6H,2,7H2,1H3,(H2,12,14). The summed E-state index contributed by atoms with van der Waals surface area (Å²) in [5, 5.41) is 0. The van der Waals surface area contributed by atoms with E-state index < -0.39 is 0 Å². The fraction of sp³-hybridized carbons (Fsp3) is 0.273. The highest BCUT2D eigenvalue weighted by molar-refractivity contribution is 6.99. The van der Waals surface area contributed by atoms with Gasteiger partial charge in [-0.05, 0) is 18.6 Å². The first kappa shape index (κ1) is 10.9. The molecule has 0 aliphatic carbocycles. The third-order valence-electron chi connectivity index (χ3n) is 2.12. The van der Waals surface area contributed by atoms with Gasteiger partial charge in [-0.3, -0.25) is 0 Å². The van der Waals surface area contributed by atoms with Crippen molar-refractivity contribution in [3.05, 3.63) is 24.3 Å². The normalized spacial score (nSPS) is 10.3. The highest BCUT2D eigenvalue weighted by Crippen LogP contribution is 2.32. The second kappa shape index (κ2) is 4.94. The smallest absolute Gasteiger partial charge is 0.165 e. The van der Waals surface area contributed by atoms with Crippen molar-refractivity contribution in [3.8, 4) is 17.0 Å². The van der Waals surface area contributed by atoms with E-state index in [4.69, 9.17) is 10.5 Å². The van der Waals surface area contributed by atoms with Gasteiger partial charge in [0.25, 0.3) is 0 Å². The van der Waals surface area contributed by atoms with Gasteiger partial charge in [-0.1, -0.05) is 19.1 Å². The van der Waals surface area contributed by atoms with E-state index in [0.29, 0.717) is 18.1 Å². The molecule has 0 atom stereocenters. The summed E-state index contributed by atoms with van der Waals surface area (Å²) in [6.07, 6.45) is 0.971. The van der Waals surface area contributed by atoms with Gasteiger partial charge in [0.2, 0.25) is 0 Å². The fourth-order valence-corrected chi connectivity index (χ4v) is 1.87. The van der Waals surface area contributed by atoms with Crippen molar-refractivity contribution in [3.63, 3.8) is 0 Å². The highest BCUT2D eigenvalue weighted by Gasteiger charge is 2.12. The lowest BCUT2D eigenvalue weighted by Gasteiger charge is -2.08. The molecule has 0 spiro atoms. The Balaban J connectivity index is 2.37. The van der Waals surface area contributed by atoms with Crippen molar-refractivity contribution in [1.82, 2.24) is 8.75 Å². The Hall–Kier alpha value is -1.62. The van der Waals surface area contributed by atoms with Gasteiger partial charge in [-0.25, -0.2) is 0 Å². The van der Waals surface area contributed by atoms with Crippen LogP contribution in [0.2, 0.25) is 0 Å². The minimum atomic E-state index is 0.456. The Bertz CT molecular complexity index is 470. The van der Waals surface area contributed by atoms with Crippen LogP contribution in [0.1, 0.15) is 13.3 Å². The number of nitrogens with zero attached hydrogens (tertiary/aromatic N) is 2. The maximum Gasteiger partial charge on any atom is 0.165 e. The maximum atomic E-state index is 5.75. The minimum absolute atomic E-state index is 0.456. The third-order valence-corrected chi connectivity index (χ3v) is 2.66. The second-order valence-corrected chi connectivity index (χ2v) is 3.87. The minimum Gasteiger partial charge on any atom is -0.493 e. The summed E-state index contributed by atoms with van der Waals surface area (Å²) in [7, 11) is 0. The molecule has 0 aliphatic rings. The highest BCUT2D eigenvalue weighted by atomic mass is 32.1. The first-order chi connectivity index (χ1) is 7.83. The van der Waals surface area contributed by atoms with Crippen LogP contribution in [0, 0.1) is 0 Å². The van der Waals surface area contributed by atoms with Gasteiger partial charge in [0.15, 0.2) is 5.82 Å². The molecule has 0 radical (unpaired) electrons. The molecular formula is C11H13N3OS. The van der Waals surface area contributed by atoms with Crippen LogP contribution in [0.4, 0.5) is 5.82 Å². The molecule has 84 valence electrons. The molecule has 1 heterocycles. The lowest BCUT2D eigenvalue weighted by Crippen LogP contribution is -1.98. The van der Waals surface area contributed by atoms with Crippen LogP contribution in [0.25, 0.3) is 11.3 Å². The molecule has 0 fully saturated rings. The molecule has 0 amide bonds. The second-order valence-electron chi connectivity index (χ2n) is 3.34. The molecule has 1 aromatic heterocycles. The van der Waals surface area contributed by atoms with Gasteiger partial charge >= 0.3 is 0 Å². The molecule has 16 heavy (non-hydrogen) atoms. The molecule has 0 unspecified atom stereocenters. The molecule has 2 rings (SSSR count). The number of hydrogen-bond donors (Lipinski definition) is 1. The lowest BCUT2D eigenvalue weighted by molar-refractivity contribution is 0.318. The molecule has 2 N–H and O–H groups in total. The van der Waals surface area contributed by atoms with Crippen molar-refractivity contribution in [2.75, 3.05) is 12.3 Å². The Labute approximate surface area is 98.4 Å². The Morgan fingerprint density at radius 3 is 2.81 bits per heavy atom. The number of para-hydroxylation sites is 1. The summed E-state index contributed by atoms with van der Waals surface area (Å²) in [5.41, 5.74) is 7.36. The van der Waals surface area contributed by atoms with Gasteiger partial charge in [0, 0.05) is 5.56 Å². The van der Waals surface area contributed by atoms with E-state index >= 15 is 0 Å². The predicted octanol–water partition coefficient (Wildman–Crippen LogP) is 2.58. The number of nitrogen functional groups attached to an aromatic ring is 1. The largest absolute Gasteiger partial charge is 0.493 e. The van der Waals surface area contributed by atoms with Crippen molar-refractivity contribution in [2.24, 2.45) is 0 Å². The molecule has 1 aromatic carbocycles. The molecule has 0 saturated carbocycles. The number of rotatable bonds is 4. The molecule has 0 saturated heterocycles. The van der Waals surface area contributed by atoms with Crippen LogP contribution in [-0.4, -0.2) is 15.4 Å². The zero-order valence-electron chi connectivity index (χ0n) is 9.01. The number of nitrogens with two attached hydrogens (primary N) is 1. The van der Waals surface area contributed by atoms with Crippen molar-refractivity contribution in [1.29, 1.82) is 0 Å². The van der Waals surface area contributed by atoms with E-state index in [1.807, 2.05) is 24.3 Å². The lowest BCUT2D eigenvalue weighted by atomic mass is 10.1. The molecule has 5 heteroatoms. The summed E-state index contributed by atoms with van der Waals surface area (Å²) in [5.74, 6) is 1.27. The third kappa shape index (κ3) is 2.14. The van der Waals surface area contributed by atoms with E-state index in [0.717, 1.165) is 29.5 Å². The molecular weight excluding hydrogens is 222 g/mol. The van der Waals surface area contributed by atoms with Gasteiger partial charge in [0.1, 0.15) is 11.4 Å². The van der Waals surface area contributed by atoms with E-state index in [1.54, 1.807) is 0 Å². The van der Waals surface area contributed by atoms with Crippen LogP contribution in [0.3, 0.4) is 0 Å². The summed E-state index contributed by atoms with van der Waals surface area (Å²) >= 11 is 1.11. The van der Waals surface area contributed by atoms with E-state index in [2.05, 4.69) is 15.7 Å². The number of ether oxygens (including phenoxy) is 1. The average molecular weight is 235 g/mol. The van der Waals surface area contributed by atoms with Crippen LogP contribution in [0.15, 0.2) is 24.3 Å². The van der Waals surface area contributed by atoms with Gasteiger partial charge < -0.3 is 10.5 Å². The maximum absolute atomic E-state index is 5.75. The monoisotopic (exact) mass is 235 g/mol. The fourth-order valence-electron chi connectivity index (χ4n) is 1.38. The van der Waals surface area contributed by atoms with Crippen LogP contribution >= 0.6 is 11.7 Å². The van der Waals surface area contributed by atoms with Crippen LogP contribution in [-0.2, 0) is 0 Å². The number of hydrogen-bond acceptors (Lipinski definition) is 5. The Kier molecular flexibility index (Phi) is 3.36. The summed E-state index contributed by atoms with van der Waals surface area (Å²) in [4.78, 5) is 0. The zero-order chi connectivity index (χ0) is 11.4. The molecule has 0 bridgehead atoms. The van der Waals surface area contributed by atoms with E-state index in [1.165, 1.54) is 0 Å². The van der Waals surface area contributed by atoms with Crippen molar-refractivity contribution >= 4 is 17.5 Å². The number of aromatic nitrogens is 2. The number of anilines is 1. The quantitative estimate of drug-likeness (QED) is 0.884. The topological polar surface area (TPSA) is 61.0 Å². The van der Waals surface area contributed by atoms with E-state index in [-0.39, 0.29) is 0 Å². The molecule has 0 aliphatic heterocycles. The Morgan fingerprint density at radius 2 is 2.12 bits per heavy atom. The van der Waals surface area contributed by atoms with Gasteiger partial charge in [-0.15, -0.1) is 0 Å². The van der Waals surface area contributed by atoms with Crippen LogP contribution < -0.4 is 10.5 Å². The summed E-state index contributed by atoms with van der Waals surface area (Å²) in [6, 6.07) is 7.74. The molecule has 4 nitrogen and oxygen atoms in total.